The molecule has 0 saturated carbocycles. The van der Waals surface area contributed by atoms with Crippen LogP contribution in [0.2, 0.25) is 5.02 Å². The largest absolute Gasteiger partial charge is 0.455 e. The van der Waals surface area contributed by atoms with Gasteiger partial charge in [0.05, 0.1) is 17.6 Å². The van der Waals surface area contributed by atoms with Crippen LogP contribution in [0.3, 0.4) is 0 Å². The van der Waals surface area contributed by atoms with Gasteiger partial charge >= 0.3 is 5.97 Å². The number of benzene rings is 1. The van der Waals surface area contributed by atoms with E-state index in [9.17, 15) is 14.4 Å². The van der Waals surface area contributed by atoms with Crippen molar-refractivity contribution in [1.29, 1.82) is 5.26 Å². The van der Waals surface area contributed by atoms with Gasteiger partial charge in [-0.05, 0) is 37.1 Å². The normalized spacial score (nSPS) is 12.6. The number of carbonyl (C=O) groups excluding carboxylic acids is 3. The SMILES string of the molecule is CC(C)[C@](C)(C#N)NC(=O)COC(=O)CSCC(=O)Nc1ccc(Cl)cc1. The van der Waals surface area contributed by atoms with Crippen LogP contribution in [0, 0.1) is 17.2 Å². The van der Waals surface area contributed by atoms with Crippen LogP contribution in [0.25, 0.3) is 0 Å². The highest BCUT2D eigenvalue weighted by Crippen LogP contribution is 2.15. The lowest BCUT2D eigenvalue weighted by molar-refractivity contribution is -0.146. The van der Waals surface area contributed by atoms with Gasteiger partial charge in [0.2, 0.25) is 5.91 Å². The van der Waals surface area contributed by atoms with Crippen LogP contribution in [0.15, 0.2) is 24.3 Å². The lowest BCUT2D eigenvalue weighted by Gasteiger charge is -2.27. The molecule has 9 heteroatoms. The third kappa shape index (κ3) is 8.33. The van der Waals surface area contributed by atoms with Gasteiger partial charge in [-0.3, -0.25) is 14.4 Å². The topological polar surface area (TPSA) is 108 Å². The number of hydrogen-bond donors (Lipinski definition) is 2. The molecule has 1 rings (SSSR count). The average Bonchev–Trinajstić information content (AvgIpc) is 2.61. The quantitative estimate of drug-likeness (QED) is 0.604. The Morgan fingerprint density at radius 3 is 2.41 bits per heavy atom. The number of esters is 1. The van der Waals surface area contributed by atoms with E-state index >= 15 is 0 Å². The van der Waals surface area contributed by atoms with Crippen molar-refractivity contribution in [1.82, 2.24) is 5.32 Å². The van der Waals surface area contributed by atoms with E-state index in [4.69, 9.17) is 21.6 Å². The lowest BCUT2D eigenvalue weighted by Crippen LogP contribution is -2.50. The van der Waals surface area contributed by atoms with Crippen molar-refractivity contribution >= 4 is 46.8 Å². The summed E-state index contributed by atoms with van der Waals surface area (Å²) in [5.41, 5.74) is -0.423. The van der Waals surface area contributed by atoms with Crippen molar-refractivity contribution in [3.8, 4) is 6.07 Å². The van der Waals surface area contributed by atoms with Crippen LogP contribution in [-0.2, 0) is 19.1 Å². The number of carbonyl (C=O) groups is 3. The Bertz CT molecular complexity index is 718. The van der Waals surface area contributed by atoms with Gasteiger partial charge < -0.3 is 15.4 Å². The van der Waals surface area contributed by atoms with Gasteiger partial charge in [-0.1, -0.05) is 25.4 Å². The number of hydrogen-bond acceptors (Lipinski definition) is 6. The second kappa shape index (κ2) is 10.8. The van der Waals surface area contributed by atoms with Gasteiger partial charge in [-0.25, -0.2) is 0 Å². The Kier molecular flexibility index (Phi) is 9.12. The zero-order valence-corrected chi connectivity index (χ0v) is 16.9. The van der Waals surface area contributed by atoms with Crippen molar-refractivity contribution < 1.29 is 19.1 Å². The maximum atomic E-state index is 11.8. The minimum Gasteiger partial charge on any atom is -0.455 e. The number of anilines is 1. The number of ether oxygens (including phenoxy) is 1. The highest BCUT2D eigenvalue weighted by atomic mass is 35.5. The molecule has 0 aromatic heterocycles. The molecule has 27 heavy (non-hydrogen) atoms. The van der Waals surface area contributed by atoms with E-state index in [1.165, 1.54) is 0 Å². The van der Waals surface area contributed by atoms with E-state index in [1.54, 1.807) is 45.0 Å². The summed E-state index contributed by atoms with van der Waals surface area (Å²) in [6.07, 6.45) is 0. The monoisotopic (exact) mass is 411 g/mol. The molecule has 2 amide bonds. The number of thioether (sulfide) groups is 1. The molecule has 0 unspecified atom stereocenters. The molecule has 0 fully saturated rings. The fraction of sp³-hybridized carbons (Fsp3) is 0.444. The molecule has 0 bridgehead atoms. The molecule has 7 nitrogen and oxygen atoms in total. The lowest BCUT2D eigenvalue weighted by atomic mass is 9.90. The molecular weight excluding hydrogens is 390 g/mol. The first-order valence-corrected chi connectivity index (χ1v) is 9.70. The molecule has 0 radical (unpaired) electrons. The fourth-order valence-electron chi connectivity index (χ4n) is 1.77. The van der Waals surface area contributed by atoms with Crippen molar-refractivity contribution in [2.75, 3.05) is 23.4 Å². The van der Waals surface area contributed by atoms with Crippen molar-refractivity contribution in [3.05, 3.63) is 29.3 Å². The smallest absolute Gasteiger partial charge is 0.316 e. The number of rotatable bonds is 9. The highest BCUT2D eigenvalue weighted by molar-refractivity contribution is 8.00. The summed E-state index contributed by atoms with van der Waals surface area (Å²) < 4.78 is 4.86. The minimum absolute atomic E-state index is 0.0593. The Balaban J connectivity index is 2.27. The summed E-state index contributed by atoms with van der Waals surface area (Å²) >= 11 is 6.83. The van der Waals surface area contributed by atoms with E-state index < -0.39 is 24.0 Å². The summed E-state index contributed by atoms with van der Waals surface area (Å²) in [7, 11) is 0. The highest BCUT2D eigenvalue weighted by Gasteiger charge is 2.30. The first kappa shape index (κ1) is 22.8. The van der Waals surface area contributed by atoms with Crippen LogP contribution in [0.4, 0.5) is 5.69 Å². The number of amides is 2. The molecule has 1 aromatic rings. The molecule has 0 aliphatic heterocycles. The summed E-state index contributed by atoms with van der Waals surface area (Å²) in [6.45, 7) is 4.75. The molecule has 0 saturated heterocycles. The van der Waals surface area contributed by atoms with Crippen LogP contribution in [0.5, 0.6) is 0 Å². The molecule has 2 N–H and O–H groups in total. The van der Waals surface area contributed by atoms with Crippen LogP contribution in [-0.4, -0.2) is 41.4 Å². The van der Waals surface area contributed by atoms with Gasteiger partial charge in [0.25, 0.3) is 5.91 Å². The molecule has 1 atom stereocenters. The predicted octanol–water partition coefficient (Wildman–Crippen LogP) is 2.61. The Morgan fingerprint density at radius 2 is 1.85 bits per heavy atom. The van der Waals surface area contributed by atoms with Gasteiger partial charge in [-0.15, -0.1) is 11.8 Å². The van der Waals surface area contributed by atoms with E-state index in [2.05, 4.69) is 10.6 Å². The van der Waals surface area contributed by atoms with Crippen molar-refractivity contribution in [3.63, 3.8) is 0 Å². The minimum atomic E-state index is -1.03. The van der Waals surface area contributed by atoms with Gasteiger partial charge in [0.1, 0.15) is 5.54 Å². The Morgan fingerprint density at radius 1 is 1.22 bits per heavy atom. The zero-order valence-electron chi connectivity index (χ0n) is 15.4. The number of nitrogens with zero attached hydrogens (tertiary/aromatic N) is 1. The summed E-state index contributed by atoms with van der Waals surface area (Å²) in [6, 6.07) is 8.69. The van der Waals surface area contributed by atoms with E-state index in [1.807, 2.05) is 6.07 Å². The van der Waals surface area contributed by atoms with E-state index in [0.29, 0.717) is 10.7 Å². The third-order valence-corrected chi connectivity index (χ3v) is 4.89. The maximum Gasteiger partial charge on any atom is 0.316 e. The Hall–Kier alpha value is -2.24. The zero-order chi connectivity index (χ0) is 20.4. The van der Waals surface area contributed by atoms with Gasteiger partial charge in [0.15, 0.2) is 6.61 Å². The number of halogens is 1. The van der Waals surface area contributed by atoms with Gasteiger partial charge in [0, 0.05) is 10.7 Å². The maximum absolute atomic E-state index is 11.8. The second-order valence-corrected chi connectivity index (χ2v) is 7.65. The molecule has 0 aliphatic carbocycles. The van der Waals surface area contributed by atoms with Gasteiger partial charge in [-0.2, -0.15) is 5.26 Å². The van der Waals surface area contributed by atoms with E-state index in [0.717, 1.165) is 11.8 Å². The number of nitriles is 1. The van der Waals surface area contributed by atoms with Crippen molar-refractivity contribution in [2.45, 2.75) is 26.3 Å². The molecule has 146 valence electrons. The predicted molar refractivity (Wildman–Crippen MR) is 105 cm³/mol. The van der Waals surface area contributed by atoms with Crippen LogP contribution >= 0.6 is 23.4 Å². The summed E-state index contributed by atoms with van der Waals surface area (Å²) in [4.78, 5) is 35.3. The standard InChI is InChI=1S/C18H22ClN3O4S/c1-12(2)18(3,11-20)22-15(23)8-26-17(25)10-27-9-16(24)21-14-6-4-13(19)5-7-14/h4-7,12H,8-10H2,1-3H3,(H,21,24)(H,22,23)/t18-/m0/s1. The molecule has 0 heterocycles. The fourth-order valence-corrected chi connectivity index (χ4v) is 2.51. The van der Waals surface area contributed by atoms with Crippen LogP contribution < -0.4 is 10.6 Å². The molecule has 0 spiro atoms. The average molecular weight is 412 g/mol. The van der Waals surface area contributed by atoms with Crippen molar-refractivity contribution in [2.24, 2.45) is 5.92 Å². The van der Waals surface area contributed by atoms with Crippen LogP contribution in [0.1, 0.15) is 20.8 Å². The van der Waals surface area contributed by atoms with E-state index in [-0.39, 0.29) is 23.3 Å². The second-order valence-electron chi connectivity index (χ2n) is 6.23. The molecular formula is C18H22ClN3O4S. The number of nitrogens with one attached hydrogen (secondary N) is 2. The summed E-state index contributed by atoms with van der Waals surface area (Å²) in [5, 5.41) is 14.9. The third-order valence-electron chi connectivity index (χ3n) is 3.73. The molecule has 1 aromatic carbocycles. The summed E-state index contributed by atoms with van der Waals surface area (Å²) in [5.74, 6) is -1.54. The Labute approximate surface area is 167 Å². The first-order chi connectivity index (χ1) is 12.7. The molecule has 0 aliphatic rings. The first-order valence-electron chi connectivity index (χ1n) is 8.17.